The second-order valence-electron chi connectivity index (χ2n) is 4.69. The van der Waals surface area contributed by atoms with Crippen LogP contribution in [0.2, 0.25) is 0 Å². The lowest BCUT2D eigenvalue weighted by molar-refractivity contribution is 0.316. The maximum atomic E-state index is 8.48. The third kappa shape index (κ3) is 9.51. The minimum absolute atomic E-state index is 0.770. The molecule has 15 heavy (non-hydrogen) atoms. The molecular weight excluding hydrogens is 186 g/mol. The zero-order valence-electron chi connectivity index (χ0n) is 10.6. The Morgan fingerprint density at radius 2 is 1.93 bits per heavy atom. The molecule has 0 saturated heterocycles. The molecule has 0 saturated carbocycles. The molecule has 0 aliphatic carbocycles. The van der Waals surface area contributed by atoms with Gasteiger partial charge < -0.3 is 5.21 Å². The molecular formula is C13H25NO. The number of hydrogen-bond acceptors (Lipinski definition) is 2. The molecule has 0 bridgehead atoms. The molecule has 0 fully saturated rings. The fourth-order valence-corrected chi connectivity index (χ4v) is 1.56. The van der Waals surface area contributed by atoms with Gasteiger partial charge in [0, 0.05) is 0 Å². The monoisotopic (exact) mass is 211 g/mol. The standard InChI is InChI=1S/C13H25NO/c1-11(2)7-5-8-12(3)9-6-10-13(4)14-15/h7,12,15H,5-6,8-10H2,1-4H3/b14-13+. The Morgan fingerprint density at radius 1 is 1.27 bits per heavy atom. The molecule has 1 atom stereocenters. The first-order chi connectivity index (χ1) is 7.06. The van der Waals surface area contributed by atoms with Gasteiger partial charge >= 0.3 is 0 Å². The van der Waals surface area contributed by atoms with Crippen molar-refractivity contribution in [2.75, 3.05) is 0 Å². The van der Waals surface area contributed by atoms with Crippen molar-refractivity contribution >= 4 is 5.71 Å². The topological polar surface area (TPSA) is 32.6 Å². The van der Waals surface area contributed by atoms with Gasteiger partial charge in [-0.2, -0.15) is 0 Å². The van der Waals surface area contributed by atoms with Crippen LogP contribution in [-0.4, -0.2) is 10.9 Å². The minimum Gasteiger partial charge on any atom is -0.411 e. The van der Waals surface area contributed by atoms with Crippen LogP contribution in [0.4, 0.5) is 0 Å². The molecule has 0 radical (unpaired) electrons. The van der Waals surface area contributed by atoms with Gasteiger partial charge in [0.05, 0.1) is 5.71 Å². The molecule has 0 aromatic heterocycles. The summed E-state index contributed by atoms with van der Waals surface area (Å²) in [4.78, 5) is 0. The molecule has 2 heteroatoms. The summed E-state index contributed by atoms with van der Waals surface area (Å²) in [7, 11) is 0. The molecule has 1 N–H and O–H groups in total. The van der Waals surface area contributed by atoms with Crippen molar-refractivity contribution in [3.63, 3.8) is 0 Å². The molecule has 0 heterocycles. The van der Waals surface area contributed by atoms with E-state index in [0.29, 0.717) is 0 Å². The summed E-state index contributed by atoms with van der Waals surface area (Å²) < 4.78 is 0. The number of nitrogens with zero attached hydrogens (tertiary/aromatic N) is 1. The van der Waals surface area contributed by atoms with Crippen LogP contribution in [0.5, 0.6) is 0 Å². The van der Waals surface area contributed by atoms with Crippen molar-refractivity contribution in [2.45, 2.75) is 59.8 Å². The summed E-state index contributed by atoms with van der Waals surface area (Å²) >= 11 is 0. The smallest absolute Gasteiger partial charge is 0.0540 e. The summed E-state index contributed by atoms with van der Waals surface area (Å²) in [5.74, 6) is 0.770. The van der Waals surface area contributed by atoms with Gasteiger partial charge in [0.1, 0.15) is 0 Å². The third-order valence-electron chi connectivity index (χ3n) is 2.62. The van der Waals surface area contributed by atoms with Crippen LogP contribution < -0.4 is 0 Å². The van der Waals surface area contributed by atoms with E-state index in [2.05, 4.69) is 32.0 Å². The lowest BCUT2D eigenvalue weighted by Gasteiger charge is -2.09. The van der Waals surface area contributed by atoms with Crippen molar-refractivity contribution in [3.05, 3.63) is 11.6 Å². The van der Waals surface area contributed by atoms with Crippen LogP contribution in [0, 0.1) is 5.92 Å². The number of rotatable bonds is 7. The van der Waals surface area contributed by atoms with E-state index in [-0.39, 0.29) is 0 Å². The average Bonchev–Trinajstić information content (AvgIpc) is 2.17. The van der Waals surface area contributed by atoms with E-state index in [9.17, 15) is 0 Å². The van der Waals surface area contributed by atoms with Gasteiger partial charge in [0.15, 0.2) is 0 Å². The Bertz CT molecular complexity index is 215. The third-order valence-corrected chi connectivity index (χ3v) is 2.62. The highest BCUT2D eigenvalue weighted by Crippen LogP contribution is 2.15. The molecule has 0 rings (SSSR count). The van der Waals surface area contributed by atoms with Gasteiger partial charge in [-0.05, 0) is 52.4 Å². The summed E-state index contributed by atoms with van der Waals surface area (Å²) in [5.41, 5.74) is 2.25. The first kappa shape index (κ1) is 14.2. The number of oxime groups is 1. The van der Waals surface area contributed by atoms with Crippen LogP contribution in [0.3, 0.4) is 0 Å². The summed E-state index contributed by atoms with van der Waals surface area (Å²) in [6.07, 6.45) is 8.03. The van der Waals surface area contributed by atoms with Crippen LogP contribution in [-0.2, 0) is 0 Å². The summed E-state index contributed by atoms with van der Waals surface area (Å²) in [6.45, 7) is 8.45. The van der Waals surface area contributed by atoms with Gasteiger partial charge in [-0.1, -0.05) is 30.1 Å². The van der Waals surface area contributed by atoms with E-state index in [1.54, 1.807) is 0 Å². The van der Waals surface area contributed by atoms with Crippen LogP contribution in [0.25, 0.3) is 0 Å². The van der Waals surface area contributed by atoms with Crippen molar-refractivity contribution in [2.24, 2.45) is 11.1 Å². The molecule has 0 spiro atoms. The first-order valence-corrected chi connectivity index (χ1v) is 5.87. The second kappa shape index (κ2) is 8.51. The van der Waals surface area contributed by atoms with Gasteiger partial charge in [0.2, 0.25) is 0 Å². The van der Waals surface area contributed by atoms with Crippen molar-refractivity contribution in [1.29, 1.82) is 0 Å². The maximum absolute atomic E-state index is 8.48. The Balaban J connectivity index is 3.49. The predicted octanol–water partition coefficient (Wildman–Crippen LogP) is 4.39. The molecule has 0 aliphatic rings. The lowest BCUT2D eigenvalue weighted by Crippen LogP contribution is -1.97. The molecule has 0 amide bonds. The molecule has 0 aromatic carbocycles. The maximum Gasteiger partial charge on any atom is 0.0540 e. The average molecular weight is 211 g/mol. The Kier molecular flexibility index (Phi) is 8.06. The van der Waals surface area contributed by atoms with E-state index < -0.39 is 0 Å². The fourth-order valence-electron chi connectivity index (χ4n) is 1.56. The molecule has 88 valence electrons. The van der Waals surface area contributed by atoms with Crippen molar-refractivity contribution in [1.82, 2.24) is 0 Å². The highest BCUT2D eigenvalue weighted by Gasteiger charge is 2.01. The van der Waals surface area contributed by atoms with Crippen molar-refractivity contribution in [3.8, 4) is 0 Å². The van der Waals surface area contributed by atoms with Crippen molar-refractivity contribution < 1.29 is 5.21 Å². The van der Waals surface area contributed by atoms with Gasteiger partial charge in [0.25, 0.3) is 0 Å². The second-order valence-corrected chi connectivity index (χ2v) is 4.69. The molecule has 1 unspecified atom stereocenters. The van der Waals surface area contributed by atoms with Crippen LogP contribution in [0.1, 0.15) is 59.8 Å². The zero-order chi connectivity index (χ0) is 11.7. The van der Waals surface area contributed by atoms with Crippen LogP contribution in [0.15, 0.2) is 16.8 Å². The number of hydrogen-bond donors (Lipinski definition) is 1. The van der Waals surface area contributed by atoms with Gasteiger partial charge in [-0.3, -0.25) is 0 Å². The predicted molar refractivity (Wildman–Crippen MR) is 66.6 cm³/mol. The molecule has 2 nitrogen and oxygen atoms in total. The Hall–Kier alpha value is -0.790. The zero-order valence-corrected chi connectivity index (χ0v) is 10.6. The normalized spacial score (nSPS) is 13.7. The SMILES string of the molecule is CC(C)=CCCC(C)CCC/C(C)=N/O. The first-order valence-electron chi connectivity index (χ1n) is 5.87. The van der Waals surface area contributed by atoms with E-state index >= 15 is 0 Å². The number of allylic oxidation sites excluding steroid dienone is 2. The molecule has 0 aromatic rings. The van der Waals surface area contributed by atoms with E-state index in [1.807, 2.05) is 6.92 Å². The minimum atomic E-state index is 0.770. The largest absolute Gasteiger partial charge is 0.411 e. The lowest BCUT2D eigenvalue weighted by atomic mass is 9.97. The molecule has 0 aliphatic heterocycles. The Labute approximate surface area is 94.1 Å². The highest BCUT2D eigenvalue weighted by atomic mass is 16.4. The van der Waals surface area contributed by atoms with Gasteiger partial charge in [-0.15, -0.1) is 0 Å². The highest BCUT2D eigenvalue weighted by molar-refractivity contribution is 5.81. The Morgan fingerprint density at radius 3 is 2.47 bits per heavy atom. The summed E-state index contributed by atoms with van der Waals surface area (Å²) in [5, 5.41) is 11.7. The van der Waals surface area contributed by atoms with E-state index in [1.165, 1.54) is 24.8 Å². The summed E-state index contributed by atoms with van der Waals surface area (Å²) in [6, 6.07) is 0. The quantitative estimate of drug-likeness (QED) is 0.288. The fraction of sp³-hybridized carbons (Fsp3) is 0.769. The van der Waals surface area contributed by atoms with Crippen LogP contribution >= 0.6 is 0 Å². The van der Waals surface area contributed by atoms with Gasteiger partial charge in [-0.25, -0.2) is 0 Å². The van der Waals surface area contributed by atoms with E-state index in [4.69, 9.17) is 5.21 Å². The van der Waals surface area contributed by atoms with E-state index in [0.717, 1.165) is 24.5 Å².